The van der Waals surface area contributed by atoms with Crippen LogP contribution >= 0.6 is 0 Å². The molecule has 0 aliphatic carbocycles. The van der Waals surface area contributed by atoms with Gasteiger partial charge in [-0.1, -0.05) is 18.2 Å². The van der Waals surface area contributed by atoms with Crippen LogP contribution in [-0.2, 0) is 0 Å². The Morgan fingerprint density at radius 2 is 2.14 bits per heavy atom. The van der Waals surface area contributed by atoms with Gasteiger partial charge >= 0.3 is 0 Å². The molecule has 3 N–H and O–H groups in total. The molecule has 1 aromatic carbocycles. The van der Waals surface area contributed by atoms with Gasteiger partial charge in [0.2, 0.25) is 0 Å². The summed E-state index contributed by atoms with van der Waals surface area (Å²) in [7, 11) is 0. The van der Waals surface area contributed by atoms with Crippen LogP contribution in [0.15, 0.2) is 28.7 Å². The summed E-state index contributed by atoms with van der Waals surface area (Å²) in [4.78, 5) is 0. The Hall–Kier alpha value is -1.32. The summed E-state index contributed by atoms with van der Waals surface area (Å²) in [6.07, 6.45) is 0. The van der Waals surface area contributed by atoms with Crippen molar-refractivity contribution in [3.05, 3.63) is 35.6 Å². The number of aliphatic hydroxyl groups excluding tert-OH is 1. The minimum absolute atomic E-state index is 0.0966. The highest BCUT2D eigenvalue weighted by molar-refractivity contribution is 5.82. The summed E-state index contributed by atoms with van der Waals surface area (Å²) < 4.78 is 5.57. The Labute approximate surface area is 82.1 Å². The molecule has 1 aromatic heterocycles. The fourth-order valence-corrected chi connectivity index (χ4v) is 1.63. The fraction of sp³-hybridized carbons (Fsp3) is 0.273. The van der Waals surface area contributed by atoms with Gasteiger partial charge < -0.3 is 15.3 Å². The Morgan fingerprint density at radius 3 is 2.79 bits per heavy atom. The van der Waals surface area contributed by atoms with Crippen LogP contribution < -0.4 is 5.73 Å². The number of furan rings is 1. The Morgan fingerprint density at radius 1 is 1.43 bits per heavy atom. The molecule has 0 spiro atoms. The summed E-state index contributed by atoms with van der Waals surface area (Å²) in [5, 5.41) is 10.0. The average molecular weight is 191 g/mol. The highest BCUT2D eigenvalue weighted by Gasteiger charge is 2.15. The normalized spacial score (nSPS) is 13.4. The molecule has 0 aliphatic rings. The first-order valence-electron chi connectivity index (χ1n) is 4.58. The molecule has 0 amide bonds. The first-order chi connectivity index (χ1) is 6.74. The van der Waals surface area contributed by atoms with Crippen LogP contribution in [0.5, 0.6) is 0 Å². The molecule has 1 atom stereocenters. The minimum Gasteiger partial charge on any atom is -0.459 e. The van der Waals surface area contributed by atoms with Crippen molar-refractivity contribution in [1.82, 2.24) is 0 Å². The number of aliphatic hydroxyl groups is 1. The van der Waals surface area contributed by atoms with Gasteiger partial charge in [0.05, 0.1) is 12.6 Å². The number of hydrogen-bond donors (Lipinski definition) is 2. The van der Waals surface area contributed by atoms with Crippen molar-refractivity contribution < 1.29 is 9.52 Å². The third-order valence-electron chi connectivity index (χ3n) is 2.41. The van der Waals surface area contributed by atoms with Crippen molar-refractivity contribution in [2.45, 2.75) is 13.0 Å². The van der Waals surface area contributed by atoms with Gasteiger partial charge in [-0.3, -0.25) is 0 Å². The highest BCUT2D eigenvalue weighted by atomic mass is 16.3. The van der Waals surface area contributed by atoms with E-state index in [-0.39, 0.29) is 6.61 Å². The zero-order valence-electron chi connectivity index (χ0n) is 8.03. The van der Waals surface area contributed by atoms with E-state index >= 15 is 0 Å². The van der Waals surface area contributed by atoms with E-state index < -0.39 is 6.04 Å². The molecule has 2 aromatic rings. The van der Waals surface area contributed by atoms with Gasteiger partial charge in [-0.15, -0.1) is 0 Å². The molecule has 0 saturated carbocycles. The summed E-state index contributed by atoms with van der Waals surface area (Å²) in [5.41, 5.74) is 7.55. The van der Waals surface area contributed by atoms with E-state index in [4.69, 9.17) is 15.3 Å². The second kappa shape index (κ2) is 3.44. The SMILES string of the molecule is Cc1c([C@H](N)CO)oc2ccccc12. The summed E-state index contributed by atoms with van der Waals surface area (Å²) >= 11 is 0. The standard InChI is InChI=1S/C11H13NO2/c1-7-8-4-2-3-5-10(8)14-11(7)9(12)6-13/h2-5,9,13H,6,12H2,1H3/t9-/m1/s1. The van der Waals surface area contributed by atoms with Gasteiger partial charge in [0.15, 0.2) is 0 Å². The van der Waals surface area contributed by atoms with E-state index in [1.54, 1.807) is 0 Å². The lowest BCUT2D eigenvalue weighted by molar-refractivity contribution is 0.253. The number of aryl methyl sites for hydroxylation is 1. The molecule has 3 nitrogen and oxygen atoms in total. The number of para-hydroxylation sites is 1. The molecular weight excluding hydrogens is 178 g/mol. The molecule has 0 radical (unpaired) electrons. The van der Waals surface area contributed by atoms with Crippen molar-refractivity contribution >= 4 is 11.0 Å². The predicted octanol–water partition coefficient (Wildman–Crippen LogP) is 1.73. The van der Waals surface area contributed by atoms with E-state index in [0.717, 1.165) is 16.5 Å². The average Bonchev–Trinajstić information content (AvgIpc) is 2.56. The maximum atomic E-state index is 8.95. The number of benzene rings is 1. The van der Waals surface area contributed by atoms with E-state index in [1.165, 1.54) is 0 Å². The number of nitrogens with two attached hydrogens (primary N) is 1. The maximum absolute atomic E-state index is 8.95. The molecule has 1 heterocycles. The van der Waals surface area contributed by atoms with Crippen molar-refractivity contribution in [3.63, 3.8) is 0 Å². The van der Waals surface area contributed by atoms with Gasteiger partial charge in [0.25, 0.3) is 0 Å². The maximum Gasteiger partial charge on any atom is 0.134 e. The monoisotopic (exact) mass is 191 g/mol. The fourth-order valence-electron chi connectivity index (χ4n) is 1.63. The topological polar surface area (TPSA) is 59.4 Å². The van der Waals surface area contributed by atoms with Gasteiger partial charge in [-0.05, 0) is 13.0 Å². The minimum atomic E-state index is -0.428. The van der Waals surface area contributed by atoms with E-state index in [2.05, 4.69) is 0 Å². The molecular formula is C11H13NO2. The molecule has 0 unspecified atom stereocenters. The lowest BCUT2D eigenvalue weighted by Gasteiger charge is -2.04. The van der Waals surface area contributed by atoms with Crippen molar-refractivity contribution in [3.8, 4) is 0 Å². The molecule has 0 fully saturated rings. The third-order valence-corrected chi connectivity index (χ3v) is 2.41. The Bertz CT molecular complexity index is 447. The first kappa shape index (κ1) is 9.24. The second-order valence-corrected chi connectivity index (χ2v) is 3.38. The van der Waals surface area contributed by atoms with Crippen LogP contribution in [0.4, 0.5) is 0 Å². The van der Waals surface area contributed by atoms with Crippen molar-refractivity contribution in [2.24, 2.45) is 5.73 Å². The molecule has 2 rings (SSSR count). The van der Waals surface area contributed by atoms with Crippen molar-refractivity contribution in [1.29, 1.82) is 0 Å². The molecule has 3 heteroatoms. The van der Waals surface area contributed by atoms with Crippen LogP contribution in [0.2, 0.25) is 0 Å². The molecule has 0 saturated heterocycles. The zero-order valence-corrected chi connectivity index (χ0v) is 8.03. The number of rotatable bonds is 2. The number of fused-ring (bicyclic) bond motifs is 1. The van der Waals surface area contributed by atoms with Crippen LogP contribution in [0.3, 0.4) is 0 Å². The lowest BCUT2D eigenvalue weighted by atomic mass is 10.1. The van der Waals surface area contributed by atoms with Gasteiger partial charge in [0.1, 0.15) is 11.3 Å². The van der Waals surface area contributed by atoms with Crippen LogP contribution in [0, 0.1) is 6.92 Å². The summed E-state index contributed by atoms with van der Waals surface area (Å²) in [5.74, 6) is 0.675. The van der Waals surface area contributed by atoms with Gasteiger partial charge in [-0.2, -0.15) is 0 Å². The highest BCUT2D eigenvalue weighted by Crippen LogP contribution is 2.27. The van der Waals surface area contributed by atoms with E-state index in [9.17, 15) is 0 Å². The number of hydrogen-bond acceptors (Lipinski definition) is 3. The Kier molecular flexibility index (Phi) is 2.27. The summed E-state index contributed by atoms with van der Waals surface area (Å²) in [6.45, 7) is 1.86. The zero-order chi connectivity index (χ0) is 10.1. The van der Waals surface area contributed by atoms with Gasteiger partial charge in [0, 0.05) is 10.9 Å². The van der Waals surface area contributed by atoms with Crippen LogP contribution in [-0.4, -0.2) is 11.7 Å². The molecule has 0 aliphatic heterocycles. The molecule has 74 valence electrons. The van der Waals surface area contributed by atoms with E-state index in [1.807, 2.05) is 31.2 Å². The molecule has 14 heavy (non-hydrogen) atoms. The largest absolute Gasteiger partial charge is 0.459 e. The van der Waals surface area contributed by atoms with Crippen LogP contribution in [0.25, 0.3) is 11.0 Å². The van der Waals surface area contributed by atoms with Crippen molar-refractivity contribution in [2.75, 3.05) is 6.61 Å². The predicted molar refractivity (Wildman–Crippen MR) is 55.0 cm³/mol. The van der Waals surface area contributed by atoms with E-state index in [0.29, 0.717) is 5.76 Å². The first-order valence-corrected chi connectivity index (χ1v) is 4.58. The summed E-state index contributed by atoms with van der Waals surface area (Å²) in [6, 6.07) is 7.33. The van der Waals surface area contributed by atoms with Gasteiger partial charge in [-0.25, -0.2) is 0 Å². The quantitative estimate of drug-likeness (QED) is 0.760. The van der Waals surface area contributed by atoms with Crippen LogP contribution in [0.1, 0.15) is 17.4 Å². The molecule has 0 bridgehead atoms. The smallest absolute Gasteiger partial charge is 0.134 e. The Balaban J connectivity index is 2.62. The second-order valence-electron chi connectivity index (χ2n) is 3.38. The lowest BCUT2D eigenvalue weighted by Crippen LogP contribution is -2.14. The third kappa shape index (κ3) is 1.31.